The van der Waals surface area contributed by atoms with E-state index in [9.17, 15) is 4.79 Å². The summed E-state index contributed by atoms with van der Waals surface area (Å²) in [7, 11) is 0. The van der Waals surface area contributed by atoms with Gasteiger partial charge in [-0.1, -0.05) is 24.3 Å². The molecule has 0 spiro atoms. The number of carbonyl (C=O) groups excluding carboxylic acids is 1. The topological polar surface area (TPSA) is 59.6 Å². The molecule has 2 N–H and O–H groups in total. The maximum Gasteiger partial charge on any atom is 0.319 e. The highest BCUT2D eigenvalue weighted by molar-refractivity contribution is 5.91. The quantitative estimate of drug-likeness (QED) is 0.907. The van der Waals surface area contributed by atoms with Crippen LogP contribution >= 0.6 is 0 Å². The lowest BCUT2D eigenvalue weighted by Gasteiger charge is -2.23. The maximum absolute atomic E-state index is 12.4. The van der Waals surface area contributed by atoms with E-state index in [1.54, 1.807) is 0 Å². The van der Waals surface area contributed by atoms with Gasteiger partial charge in [0.15, 0.2) is 11.5 Å². The van der Waals surface area contributed by atoms with Crippen molar-refractivity contribution in [3.63, 3.8) is 0 Å². The number of nitrogens with one attached hydrogen (secondary N) is 2. The molecule has 2 aromatic carbocycles. The molecule has 1 aliphatic carbocycles. The monoisotopic (exact) mass is 324 g/mol. The van der Waals surface area contributed by atoms with E-state index in [0.29, 0.717) is 13.2 Å². The van der Waals surface area contributed by atoms with Crippen LogP contribution in [-0.2, 0) is 5.54 Å². The highest BCUT2D eigenvalue weighted by Crippen LogP contribution is 2.47. The largest absolute Gasteiger partial charge is 0.486 e. The lowest BCUT2D eigenvalue weighted by Crippen LogP contribution is -2.38. The Hall–Kier alpha value is -2.69. The number of benzene rings is 2. The minimum Gasteiger partial charge on any atom is -0.486 e. The van der Waals surface area contributed by atoms with Crippen LogP contribution in [0, 0.1) is 6.92 Å². The second kappa shape index (κ2) is 5.74. The van der Waals surface area contributed by atoms with Crippen LogP contribution in [0.2, 0.25) is 0 Å². The molecule has 0 bridgehead atoms. The smallest absolute Gasteiger partial charge is 0.319 e. The van der Waals surface area contributed by atoms with Gasteiger partial charge in [-0.05, 0) is 49.1 Å². The Labute approximate surface area is 141 Å². The van der Waals surface area contributed by atoms with Gasteiger partial charge in [0.1, 0.15) is 13.2 Å². The molecule has 2 aliphatic rings. The minimum atomic E-state index is -0.303. The van der Waals surface area contributed by atoms with E-state index in [1.807, 2.05) is 49.4 Å². The zero-order valence-corrected chi connectivity index (χ0v) is 13.6. The predicted octanol–water partition coefficient (Wildman–Crippen LogP) is 3.58. The number of hydrogen-bond acceptors (Lipinski definition) is 3. The number of fused-ring (bicyclic) bond motifs is 1. The molecule has 1 saturated carbocycles. The number of aryl methyl sites for hydroxylation is 1. The average molecular weight is 324 g/mol. The van der Waals surface area contributed by atoms with Gasteiger partial charge in [-0.2, -0.15) is 0 Å². The molecule has 2 aromatic rings. The van der Waals surface area contributed by atoms with Gasteiger partial charge in [0.25, 0.3) is 0 Å². The fourth-order valence-electron chi connectivity index (χ4n) is 3.04. The summed E-state index contributed by atoms with van der Waals surface area (Å²) in [6, 6.07) is 13.5. The van der Waals surface area contributed by atoms with E-state index < -0.39 is 0 Å². The van der Waals surface area contributed by atoms with Crippen LogP contribution in [0.15, 0.2) is 42.5 Å². The molecule has 4 rings (SSSR count). The van der Waals surface area contributed by atoms with Crippen LogP contribution < -0.4 is 20.1 Å². The van der Waals surface area contributed by atoms with Crippen LogP contribution in [0.4, 0.5) is 10.5 Å². The predicted molar refractivity (Wildman–Crippen MR) is 91.7 cm³/mol. The first-order chi connectivity index (χ1) is 11.7. The van der Waals surface area contributed by atoms with Gasteiger partial charge in [0.2, 0.25) is 0 Å². The number of ether oxygens (including phenoxy) is 2. The third-order valence-corrected chi connectivity index (χ3v) is 4.59. The minimum absolute atomic E-state index is 0.184. The molecule has 1 aliphatic heterocycles. The van der Waals surface area contributed by atoms with Crippen molar-refractivity contribution in [2.45, 2.75) is 25.3 Å². The number of urea groups is 1. The van der Waals surface area contributed by atoms with Gasteiger partial charge in [0.05, 0.1) is 5.54 Å². The first-order valence-electron chi connectivity index (χ1n) is 8.21. The van der Waals surface area contributed by atoms with Gasteiger partial charge in [0, 0.05) is 5.69 Å². The Morgan fingerprint density at radius 3 is 2.54 bits per heavy atom. The SMILES string of the molecule is Cc1ccccc1NC(=O)NC1(c2ccc3c(c2)OCCO3)CC1. The Morgan fingerprint density at radius 2 is 1.79 bits per heavy atom. The van der Waals surface area contributed by atoms with Crippen molar-refractivity contribution in [1.29, 1.82) is 0 Å². The molecule has 1 heterocycles. The third kappa shape index (κ3) is 2.77. The molecule has 0 saturated heterocycles. The van der Waals surface area contributed by atoms with E-state index >= 15 is 0 Å². The highest BCUT2D eigenvalue weighted by Gasteiger charge is 2.46. The lowest BCUT2D eigenvalue weighted by atomic mass is 10.0. The summed E-state index contributed by atoms with van der Waals surface area (Å²) in [6.45, 7) is 3.11. The first-order valence-corrected chi connectivity index (χ1v) is 8.21. The Balaban J connectivity index is 1.50. The van der Waals surface area contributed by atoms with E-state index in [4.69, 9.17) is 9.47 Å². The van der Waals surface area contributed by atoms with Crippen LogP contribution in [0.3, 0.4) is 0 Å². The van der Waals surface area contributed by atoms with Gasteiger partial charge >= 0.3 is 6.03 Å². The number of hydrogen-bond donors (Lipinski definition) is 2. The number of amides is 2. The van der Waals surface area contributed by atoms with Crippen molar-refractivity contribution >= 4 is 11.7 Å². The summed E-state index contributed by atoms with van der Waals surface area (Å²) in [4.78, 5) is 12.4. The molecular formula is C19H20N2O3. The Morgan fingerprint density at radius 1 is 1.04 bits per heavy atom. The maximum atomic E-state index is 12.4. The zero-order valence-electron chi connectivity index (χ0n) is 13.6. The summed E-state index contributed by atoms with van der Waals surface area (Å²) >= 11 is 0. The molecule has 124 valence electrons. The van der Waals surface area contributed by atoms with Gasteiger partial charge in [-0.15, -0.1) is 0 Å². The zero-order chi connectivity index (χ0) is 16.6. The standard InChI is InChI=1S/C19H20N2O3/c1-13-4-2-3-5-15(13)20-18(22)21-19(8-9-19)14-6-7-16-17(12-14)24-11-10-23-16/h2-7,12H,8-11H2,1H3,(H2,20,21,22). The van der Waals surface area contributed by atoms with Crippen molar-refractivity contribution in [1.82, 2.24) is 5.32 Å². The Kier molecular flexibility index (Phi) is 3.56. The molecule has 1 fully saturated rings. The average Bonchev–Trinajstić information content (AvgIpc) is 3.37. The molecule has 5 nitrogen and oxygen atoms in total. The van der Waals surface area contributed by atoms with E-state index in [1.165, 1.54) is 0 Å². The van der Waals surface area contributed by atoms with Crippen molar-refractivity contribution in [2.75, 3.05) is 18.5 Å². The molecule has 0 aromatic heterocycles. The van der Waals surface area contributed by atoms with E-state index in [-0.39, 0.29) is 11.6 Å². The van der Waals surface area contributed by atoms with Crippen LogP contribution in [-0.4, -0.2) is 19.2 Å². The van der Waals surface area contributed by atoms with Gasteiger partial charge < -0.3 is 20.1 Å². The fraction of sp³-hybridized carbons (Fsp3) is 0.316. The van der Waals surface area contributed by atoms with Crippen molar-refractivity contribution in [3.05, 3.63) is 53.6 Å². The van der Waals surface area contributed by atoms with Crippen molar-refractivity contribution in [2.24, 2.45) is 0 Å². The molecule has 0 atom stereocenters. The van der Waals surface area contributed by atoms with Crippen molar-refractivity contribution < 1.29 is 14.3 Å². The third-order valence-electron chi connectivity index (χ3n) is 4.59. The summed E-state index contributed by atoms with van der Waals surface area (Å²) in [5.74, 6) is 1.52. The van der Waals surface area contributed by atoms with Gasteiger partial charge in [-0.3, -0.25) is 0 Å². The number of anilines is 1. The number of para-hydroxylation sites is 1. The van der Waals surface area contributed by atoms with E-state index in [0.717, 1.165) is 41.2 Å². The molecule has 5 heteroatoms. The van der Waals surface area contributed by atoms with Crippen LogP contribution in [0.25, 0.3) is 0 Å². The molecular weight excluding hydrogens is 304 g/mol. The molecule has 2 amide bonds. The lowest BCUT2D eigenvalue weighted by molar-refractivity contribution is 0.171. The van der Waals surface area contributed by atoms with Crippen molar-refractivity contribution in [3.8, 4) is 11.5 Å². The normalized spacial score (nSPS) is 17.0. The fourth-order valence-corrected chi connectivity index (χ4v) is 3.04. The molecule has 24 heavy (non-hydrogen) atoms. The number of rotatable bonds is 3. The second-order valence-corrected chi connectivity index (χ2v) is 6.33. The van der Waals surface area contributed by atoms with E-state index in [2.05, 4.69) is 10.6 Å². The summed E-state index contributed by atoms with van der Waals surface area (Å²) in [5, 5.41) is 6.05. The van der Waals surface area contributed by atoms with Gasteiger partial charge in [-0.25, -0.2) is 4.79 Å². The molecule has 0 unspecified atom stereocenters. The highest BCUT2D eigenvalue weighted by atomic mass is 16.6. The summed E-state index contributed by atoms with van der Waals surface area (Å²) in [6.07, 6.45) is 1.85. The molecule has 0 radical (unpaired) electrons. The second-order valence-electron chi connectivity index (χ2n) is 6.33. The number of carbonyl (C=O) groups is 1. The Bertz CT molecular complexity index is 784. The van der Waals surface area contributed by atoms with Crippen LogP contribution in [0.1, 0.15) is 24.0 Å². The summed E-state index contributed by atoms with van der Waals surface area (Å²) < 4.78 is 11.2. The first kappa shape index (κ1) is 14.9. The van der Waals surface area contributed by atoms with Crippen LogP contribution in [0.5, 0.6) is 11.5 Å². The summed E-state index contributed by atoms with van der Waals surface area (Å²) in [5.41, 5.74) is 2.62.